The van der Waals surface area contributed by atoms with E-state index in [0.29, 0.717) is 17.2 Å². The molecule has 0 aliphatic rings. The molecule has 0 saturated carbocycles. The van der Waals surface area contributed by atoms with Crippen molar-refractivity contribution in [1.29, 1.82) is 0 Å². The van der Waals surface area contributed by atoms with Gasteiger partial charge in [0.05, 0.1) is 0 Å². The van der Waals surface area contributed by atoms with Crippen LogP contribution >= 0.6 is 0 Å². The van der Waals surface area contributed by atoms with Gasteiger partial charge in [-0.2, -0.15) is 0 Å². The Hall–Kier alpha value is -2.76. The molecule has 0 atom stereocenters. The van der Waals surface area contributed by atoms with Crippen LogP contribution in [0.2, 0.25) is 0 Å². The van der Waals surface area contributed by atoms with E-state index < -0.39 is 0 Å². The Kier molecular flexibility index (Phi) is 4.74. The quantitative estimate of drug-likeness (QED) is 0.657. The molecular formula is C17H21N5O. The van der Waals surface area contributed by atoms with E-state index >= 15 is 0 Å². The fraction of sp³-hybridized carbons (Fsp3) is 0.294. The standard InChI is InChI=1S/C17H21N5O/c1-17(2,3)13(18)10-14(19-4)22-16(23)12-8-7-11-6-5-9-20-15(11)21-12/h5-10H,18H2,1-4H3,(H,19,22,23)/b13-10-. The molecule has 0 saturated heterocycles. The van der Waals surface area contributed by atoms with Gasteiger partial charge in [-0.15, -0.1) is 0 Å². The lowest BCUT2D eigenvalue weighted by Gasteiger charge is -2.19. The van der Waals surface area contributed by atoms with Crippen LogP contribution in [0.15, 0.2) is 47.2 Å². The number of nitrogens with two attached hydrogens (primary N) is 1. The van der Waals surface area contributed by atoms with Gasteiger partial charge in [-0.3, -0.25) is 9.79 Å². The second-order valence-electron chi connectivity index (χ2n) is 6.16. The number of allylic oxidation sites excluding steroid dienone is 1. The van der Waals surface area contributed by atoms with Crippen molar-refractivity contribution < 1.29 is 4.79 Å². The van der Waals surface area contributed by atoms with Crippen molar-refractivity contribution >= 4 is 22.8 Å². The molecule has 0 radical (unpaired) electrons. The smallest absolute Gasteiger partial charge is 0.275 e. The average Bonchev–Trinajstić information content (AvgIpc) is 2.52. The van der Waals surface area contributed by atoms with E-state index in [1.807, 2.05) is 39.0 Å². The van der Waals surface area contributed by atoms with E-state index in [0.717, 1.165) is 5.39 Å². The second-order valence-corrected chi connectivity index (χ2v) is 6.16. The maximum absolute atomic E-state index is 12.3. The maximum Gasteiger partial charge on any atom is 0.275 e. The summed E-state index contributed by atoms with van der Waals surface area (Å²) in [6.45, 7) is 5.97. The second kappa shape index (κ2) is 6.56. The highest BCUT2D eigenvalue weighted by Gasteiger charge is 2.16. The highest BCUT2D eigenvalue weighted by Crippen LogP contribution is 2.20. The van der Waals surface area contributed by atoms with Crippen LogP contribution in [0.1, 0.15) is 31.3 Å². The Morgan fingerprint density at radius 2 is 2.04 bits per heavy atom. The lowest BCUT2D eigenvalue weighted by Crippen LogP contribution is -2.31. The topological polar surface area (TPSA) is 93.3 Å². The first-order chi connectivity index (χ1) is 10.8. The number of aromatic nitrogens is 2. The molecule has 6 nitrogen and oxygen atoms in total. The number of amidine groups is 1. The van der Waals surface area contributed by atoms with Gasteiger partial charge in [-0.25, -0.2) is 9.97 Å². The summed E-state index contributed by atoms with van der Waals surface area (Å²) in [4.78, 5) is 24.8. The zero-order chi connectivity index (χ0) is 17.0. The number of carbonyl (C=O) groups is 1. The lowest BCUT2D eigenvalue weighted by molar-refractivity contribution is 0.0972. The van der Waals surface area contributed by atoms with E-state index in [2.05, 4.69) is 20.3 Å². The summed E-state index contributed by atoms with van der Waals surface area (Å²) in [5, 5.41) is 3.59. The molecule has 0 unspecified atom stereocenters. The number of fused-ring (bicyclic) bond motifs is 1. The molecule has 2 aromatic rings. The zero-order valence-corrected chi connectivity index (χ0v) is 13.8. The third-order valence-corrected chi connectivity index (χ3v) is 3.34. The summed E-state index contributed by atoms with van der Waals surface area (Å²) in [6, 6.07) is 7.18. The maximum atomic E-state index is 12.3. The van der Waals surface area contributed by atoms with Gasteiger partial charge >= 0.3 is 0 Å². The van der Waals surface area contributed by atoms with Gasteiger partial charge in [0.15, 0.2) is 5.65 Å². The molecule has 0 aromatic carbocycles. The van der Waals surface area contributed by atoms with E-state index in [-0.39, 0.29) is 17.0 Å². The largest absolute Gasteiger partial charge is 0.401 e. The van der Waals surface area contributed by atoms with Crippen molar-refractivity contribution in [2.45, 2.75) is 20.8 Å². The monoisotopic (exact) mass is 311 g/mol. The zero-order valence-electron chi connectivity index (χ0n) is 13.8. The molecule has 3 N–H and O–H groups in total. The van der Waals surface area contributed by atoms with Crippen molar-refractivity contribution in [3.05, 3.63) is 47.9 Å². The predicted molar refractivity (Wildman–Crippen MR) is 92.1 cm³/mol. The third-order valence-electron chi connectivity index (χ3n) is 3.34. The third kappa shape index (κ3) is 4.12. The van der Waals surface area contributed by atoms with Crippen molar-refractivity contribution in [3.63, 3.8) is 0 Å². The molecule has 2 heterocycles. The van der Waals surface area contributed by atoms with Crippen LogP contribution in [0.25, 0.3) is 11.0 Å². The van der Waals surface area contributed by atoms with Crippen LogP contribution < -0.4 is 11.1 Å². The summed E-state index contributed by atoms with van der Waals surface area (Å²) >= 11 is 0. The summed E-state index contributed by atoms with van der Waals surface area (Å²) in [5.74, 6) is 0.0430. The van der Waals surface area contributed by atoms with Gasteiger partial charge in [0, 0.05) is 29.7 Å². The number of aliphatic imine (C=N–C) groups is 1. The van der Waals surface area contributed by atoms with E-state index in [1.54, 1.807) is 25.4 Å². The molecule has 23 heavy (non-hydrogen) atoms. The van der Waals surface area contributed by atoms with Gasteiger partial charge in [0.2, 0.25) is 0 Å². The lowest BCUT2D eigenvalue weighted by atomic mass is 9.92. The van der Waals surface area contributed by atoms with Crippen LogP contribution in [-0.2, 0) is 0 Å². The minimum absolute atomic E-state index is 0.203. The number of rotatable bonds is 2. The van der Waals surface area contributed by atoms with Gasteiger partial charge in [0.25, 0.3) is 5.91 Å². The van der Waals surface area contributed by atoms with Crippen LogP contribution in [0.4, 0.5) is 0 Å². The summed E-state index contributed by atoms with van der Waals surface area (Å²) in [5.41, 5.74) is 7.25. The Morgan fingerprint density at radius 1 is 1.30 bits per heavy atom. The molecule has 2 rings (SSSR count). The van der Waals surface area contributed by atoms with Gasteiger partial charge in [-0.05, 0) is 30.3 Å². The summed E-state index contributed by atoms with van der Waals surface area (Å²) < 4.78 is 0. The molecule has 0 fully saturated rings. The molecule has 0 spiro atoms. The number of hydrogen-bond acceptors (Lipinski definition) is 5. The molecule has 1 amide bonds. The molecule has 0 aliphatic heterocycles. The fourth-order valence-electron chi connectivity index (χ4n) is 1.78. The van der Waals surface area contributed by atoms with E-state index in [9.17, 15) is 4.79 Å². The normalized spacial score (nSPS) is 13.2. The van der Waals surface area contributed by atoms with Crippen LogP contribution in [-0.4, -0.2) is 28.8 Å². The first-order valence-corrected chi connectivity index (χ1v) is 7.29. The Balaban J connectivity index is 2.22. The molecule has 0 aliphatic carbocycles. The van der Waals surface area contributed by atoms with Gasteiger partial charge in [0.1, 0.15) is 11.5 Å². The van der Waals surface area contributed by atoms with Crippen LogP contribution in [0.3, 0.4) is 0 Å². The average molecular weight is 311 g/mol. The Morgan fingerprint density at radius 3 is 2.70 bits per heavy atom. The van der Waals surface area contributed by atoms with Gasteiger partial charge in [-0.1, -0.05) is 20.8 Å². The Labute approximate surface area is 135 Å². The van der Waals surface area contributed by atoms with Gasteiger partial charge < -0.3 is 11.1 Å². The fourth-order valence-corrected chi connectivity index (χ4v) is 1.78. The highest BCUT2D eigenvalue weighted by molar-refractivity contribution is 6.10. The number of nitrogens with zero attached hydrogens (tertiary/aromatic N) is 3. The van der Waals surface area contributed by atoms with E-state index in [4.69, 9.17) is 5.73 Å². The molecule has 120 valence electrons. The number of carbonyl (C=O) groups excluding carboxylic acids is 1. The van der Waals surface area contributed by atoms with Crippen molar-refractivity contribution in [1.82, 2.24) is 15.3 Å². The first kappa shape index (κ1) is 16.6. The summed E-state index contributed by atoms with van der Waals surface area (Å²) in [7, 11) is 1.59. The van der Waals surface area contributed by atoms with Crippen molar-refractivity contribution in [2.75, 3.05) is 7.05 Å². The molecule has 0 bridgehead atoms. The number of hydrogen-bond donors (Lipinski definition) is 2. The van der Waals surface area contributed by atoms with E-state index in [1.165, 1.54) is 0 Å². The predicted octanol–water partition coefficient (Wildman–Crippen LogP) is 2.28. The summed E-state index contributed by atoms with van der Waals surface area (Å²) in [6.07, 6.45) is 3.31. The van der Waals surface area contributed by atoms with Crippen LogP contribution in [0, 0.1) is 5.41 Å². The molecule has 6 heteroatoms. The number of nitrogens with one attached hydrogen (secondary N) is 1. The molecular weight excluding hydrogens is 290 g/mol. The van der Waals surface area contributed by atoms with Crippen LogP contribution in [0.5, 0.6) is 0 Å². The number of amides is 1. The van der Waals surface area contributed by atoms with Crippen molar-refractivity contribution in [2.24, 2.45) is 16.1 Å². The minimum Gasteiger partial charge on any atom is -0.401 e. The SMILES string of the molecule is CN=C(/C=C(\N)C(C)(C)C)NC(=O)c1ccc2cccnc2n1. The molecule has 2 aromatic heterocycles. The van der Waals surface area contributed by atoms with Crippen molar-refractivity contribution in [3.8, 4) is 0 Å². The highest BCUT2D eigenvalue weighted by atomic mass is 16.1. The Bertz CT molecular complexity index is 787. The number of pyridine rings is 2. The first-order valence-electron chi connectivity index (χ1n) is 7.29. The minimum atomic E-state index is -0.351.